The predicted octanol–water partition coefficient (Wildman–Crippen LogP) is 3.68. The predicted molar refractivity (Wildman–Crippen MR) is 91.8 cm³/mol. The molecule has 0 saturated carbocycles. The number of aromatic nitrogens is 2. The van der Waals surface area contributed by atoms with Crippen LogP contribution in [-0.2, 0) is 16.1 Å². The fraction of sp³-hybridized carbons (Fsp3) is 0.706. The first-order chi connectivity index (χ1) is 11.3. The van der Waals surface area contributed by atoms with Gasteiger partial charge in [-0.2, -0.15) is 5.10 Å². The lowest BCUT2D eigenvalue weighted by Gasteiger charge is -2.34. The first-order valence-electron chi connectivity index (χ1n) is 8.37. The van der Waals surface area contributed by atoms with Gasteiger partial charge in [-0.25, -0.2) is 4.79 Å². The molecule has 2 rings (SSSR count). The van der Waals surface area contributed by atoms with Gasteiger partial charge in [-0.3, -0.25) is 0 Å². The zero-order chi connectivity index (χ0) is 17.6. The van der Waals surface area contributed by atoms with Crippen LogP contribution in [0.2, 0.25) is 5.15 Å². The first-order valence-corrected chi connectivity index (χ1v) is 8.75. The molecule has 0 aliphatic carbocycles. The molecule has 1 fully saturated rings. The lowest BCUT2D eigenvalue weighted by Crippen LogP contribution is -2.43. The molecule has 1 amide bonds. The molecule has 1 aliphatic heterocycles. The van der Waals surface area contributed by atoms with Gasteiger partial charge in [0.1, 0.15) is 5.60 Å². The molecular formula is C17H26ClN3O3. The van der Waals surface area contributed by atoms with Crippen molar-refractivity contribution in [2.45, 2.75) is 52.2 Å². The second-order valence-electron chi connectivity index (χ2n) is 7.12. The highest BCUT2D eigenvalue weighted by Crippen LogP contribution is 2.21. The van der Waals surface area contributed by atoms with E-state index in [1.165, 1.54) is 0 Å². The Morgan fingerprint density at radius 3 is 2.83 bits per heavy atom. The van der Waals surface area contributed by atoms with E-state index in [1.807, 2.05) is 25.7 Å². The Balaban J connectivity index is 1.69. The van der Waals surface area contributed by atoms with Gasteiger partial charge in [0, 0.05) is 19.7 Å². The van der Waals surface area contributed by atoms with Gasteiger partial charge in [0.15, 0.2) is 5.15 Å². The molecule has 1 aromatic rings. The number of likely N-dealkylation sites (tertiary alicyclic amines) is 1. The van der Waals surface area contributed by atoms with Crippen molar-refractivity contribution in [2.75, 3.05) is 19.7 Å². The fourth-order valence-electron chi connectivity index (χ4n) is 2.64. The summed E-state index contributed by atoms with van der Waals surface area (Å²) in [5.74, 6) is 0.447. The van der Waals surface area contributed by atoms with Gasteiger partial charge < -0.3 is 14.4 Å². The summed E-state index contributed by atoms with van der Waals surface area (Å²) in [7, 11) is 0. The molecule has 24 heavy (non-hydrogen) atoms. The lowest BCUT2D eigenvalue weighted by molar-refractivity contribution is 0.0135. The van der Waals surface area contributed by atoms with Crippen molar-refractivity contribution >= 4 is 17.7 Å². The molecule has 1 atom stereocenters. The normalized spacial score (nSPS) is 18.5. The van der Waals surface area contributed by atoms with E-state index < -0.39 is 5.60 Å². The number of amides is 1. The van der Waals surface area contributed by atoms with Crippen LogP contribution in [-0.4, -0.2) is 46.5 Å². The third-order valence-electron chi connectivity index (χ3n) is 3.78. The van der Waals surface area contributed by atoms with E-state index in [9.17, 15) is 4.79 Å². The van der Waals surface area contributed by atoms with E-state index in [0.717, 1.165) is 38.0 Å². The van der Waals surface area contributed by atoms with Crippen LogP contribution >= 0.6 is 11.6 Å². The molecule has 0 spiro atoms. The molecule has 6 nitrogen and oxygen atoms in total. The van der Waals surface area contributed by atoms with Crippen molar-refractivity contribution in [3.8, 4) is 0 Å². The van der Waals surface area contributed by atoms with Crippen molar-refractivity contribution < 1.29 is 14.3 Å². The topological polar surface area (TPSA) is 64.5 Å². The van der Waals surface area contributed by atoms with E-state index >= 15 is 0 Å². The molecule has 7 heteroatoms. The van der Waals surface area contributed by atoms with Gasteiger partial charge in [-0.1, -0.05) is 11.6 Å². The fourth-order valence-corrected chi connectivity index (χ4v) is 2.74. The van der Waals surface area contributed by atoms with Crippen LogP contribution < -0.4 is 0 Å². The summed E-state index contributed by atoms with van der Waals surface area (Å²) in [6.45, 7) is 8.23. The van der Waals surface area contributed by atoms with Crippen molar-refractivity contribution in [3.05, 3.63) is 23.0 Å². The van der Waals surface area contributed by atoms with Gasteiger partial charge in [0.2, 0.25) is 0 Å². The van der Waals surface area contributed by atoms with Crippen LogP contribution in [0.3, 0.4) is 0 Å². The lowest BCUT2D eigenvalue weighted by atomic mass is 9.95. The average molecular weight is 356 g/mol. The smallest absolute Gasteiger partial charge is 0.410 e. The third-order valence-corrected chi connectivity index (χ3v) is 3.98. The quantitative estimate of drug-likeness (QED) is 0.754. The Bertz CT molecular complexity index is 531. The molecular weight excluding hydrogens is 330 g/mol. The molecule has 134 valence electrons. The Morgan fingerprint density at radius 1 is 1.38 bits per heavy atom. The second kappa shape index (κ2) is 8.62. The number of hydrogen-bond donors (Lipinski definition) is 0. The zero-order valence-electron chi connectivity index (χ0n) is 14.6. The number of piperidine rings is 1. The Hall–Kier alpha value is -1.40. The molecule has 1 aromatic heterocycles. The van der Waals surface area contributed by atoms with Crippen molar-refractivity contribution in [2.24, 2.45) is 5.92 Å². The van der Waals surface area contributed by atoms with Crippen LogP contribution in [0.5, 0.6) is 0 Å². The summed E-state index contributed by atoms with van der Waals surface area (Å²) in [4.78, 5) is 14.0. The summed E-state index contributed by atoms with van der Waals surface area (Å²) in [5.41, 5.74) is 0.311. The van der Waals surface area contributed by atoms with Gasteiger partial charge in [0.05, 0.1) is 12.3 Å². The second-order valence-corrected chi connectivity index (χ2v) is 7.51. The summed E-state index contributed by atoms with van der Waals surface area (Å²) >= 11 is 5.70. The highest BCUT2D eigenvalue weighted by Gasteiger charge is 2.27. The number of carbonyl (C=O) groups is 1. The standard InChI is InChI=1S/C17H26ClN3O3/c1-17(2,3)24-16(22)21-9-4-5-13(11-21)8-10-23-12-14-6-7-15(18)20-19-14/h6-7,13H,4-5,8-12H2,1-3H3/t13-/m1/s1. The summed E-state index contributed by atoms with van der Waals surface area (Å²) < 4.78 is 11.1. The molecule has 0 N–H and O–H groups in total. The van der Waals surface area contributed by atoms with Crippen LogP contribution in [0.4, 0.5) is 4.79 Å². The minimum atomic E-state index is -0.452. The summed E-state index contributed by atoms with van der Waals surface area (Å²) in [6, 6.07) is 3.51. The summed E-state index contributed by atoms with van der Waals surface area (Å²) in [6.07, 6.45) is 2.82. The van der Waals surface area contributed by atoms with E-state index in [2.05, 4.69) is 10.2 Å². The SMILES string of the molecule is CC(C)(C)OC(=O)N1CCC[C@H](CCOCc2ccc(Cl)nn2)C1. The van der Waals surface area contributed by atoms with Crippen LogP contribution in [0.25, 0.3) is 0 Å². The van der Waals surface area contributed by atoms with Crippen molar-refractivity contribution in [1.29, 1.82) is 0 Å². The maximum Gasteiger partial charge on any atom is 0.410 e. The van der Waals surface area contributed by atoms with Crippen LogP contribution in [0.15, 0.2) is 12.1 Å². The van der Waals surface area contributed by atoms with Crippen LogP contribution in [0, 0.1) is 5.92 Å². The molecule has 0 aromatic carbocycles. The number of hydrogen-bond acceptors (Lipinski definition) is 5. The number of nitrogens with zero attached hydrogens (tertiary/aromatic N) is 3. The molecule has 1 saturated heterocycles. The van der Waals surface area contributed by atoms with Crippen LogP contribution in [0.1, 0.15) is 45.7 Å². The van der Waals surface area contributed by atoms with E-state index in [-0.39, 0.29) is 6.09 Å². The molecule has 1 aliphatic rings. The Morgan fingerprint density at radius 2 is 2.17 bits per heavy atom. The van der Waals surface area contributed by atoms with E-state index in [0.29, 0.717) is 24.3 Å². The highest BCUT2D eigenvalue weighted by molar-refractivity contribution is 6.29. The third kappa shape index (κ3) is 6.61. The Kier molecular flexibility index (Phi) is 6.80. The van der Waals surface area contributed by atoms with Gasteiger partial charge in [-0.05, 0) is 58.1 Å². The Labute approximate surface area is 148 Å². The largest absolute Gasteiger partial charge is 0.444 e. The number of carbonyl (C=O) groups excluding carboxylic acids is 1. The van der Waals surface area contributed by atoms with Gasteiger partial charge >= 0.3 is 6.09 Å². The number of halogens is 1. The van der Waals surface area contributed by atoms with Crippen molar-refractivity contribution in [3.63, 3.8) is 0 Å². The molecule has 0 bridgehead atoms. The minimum Gasteiger partial charge on any atom is -0.444 e. The maximum absolute atomic E-state index is 12.1. The van der Waals surface area contributed by atoms with Crippen molar-refractivity contribution in [1.82, 2.24) is 15.1 Å². The van der Waals surface area contributed by atoms with Gasteiger partial charge in [0.25, 0.3) is 0 Å². The first kappa shape index (κ1) is 18.9. The number of rotatable bonds is 5. The maximum atomic E-state index is 12.1. The monoisotopic (exact) mass is 355 g/mol. The van der Waals surface area contributed by atoms with Gasteiger partial charge in [-0.15, -0.1) is 5.10 Å². The molecule has 0 radical (unpaired) electrons. The number of ether oxygens (including phenoxy) is 2. The highest BCUT2D eigenvalue weighted by atomic mass is 35.5. The molecule has 0 unspecified atom stereocenters. The summed E-state index contributed by atoms with van der Waals surface area (Å²) in [5, 5.41) is 8.12. The van der Waals surface area contributed by atoms with E-state index in [4.69, 9.17) is 21.1 Å². The molecule has 2 heterocycles. The van der Waals surface area contributed by atoms with E-state index in [1.54, 1.807) is 12.1 Å². The zero-order valence-corrected chi connectivity index (χ0v) is 15.4. The minimum absolute atomic E-state index is 0.218. The average Bonchev–Trinajstić information content (AvgIpc) is 2.52.